The Labute approximate surface area is 201 Å². The number of halogens is 1. The zero-order valence-electron chi connectivity index (χ0n) is 18.7. The molecular formula is C24H32ClN5OS. The molecule has 2 N–H and O–H groups in total. The number of rotatable bonds is 6. The average molecular weight is 474 g/mol. The first-order valence-corrected chi connectivity index (χ1v) is 12.4. The van der Waals surface area contributed by atoms with Gasteiger partial charge in [0, 0.05) is 36.1 Å². The predicted octanol–water partition coefficient (Wildman–Crippen LogP) is 5.32. The first kappa shape index (κ1) is 23.1. The summed E-state index contributed by atoms with van der Waals surface area (Å²) in [5, 5.41) is 7.92. The first-order valence-electron chi connectivity index (χ1n) is 11.6. The molecule has 1 saturated heterocycles. The number of hydrogen-bond acceptors (Lipinski definition) is 5. The van der Waals surface area contributed by atoms with E-state index in [1.807, 2.05) is 18.2 Å². The van der Waals surface area contributed by atoms with Gasteiger partial charge in [-0.2, -0.15) is 9.97 Å². The van der Waals surface area contributed by atoms with E-state index in [4.69, 9.17) is 33.5 Å². The minimum Gasteiger partial charge on any atom is -0.481 e. The van der Waals surface area contributed by atoms with E-state index in [1.54, 1.807) is 7.11 Å². The van der Waals surface area contributed by atoms with Crippen molar-refractivity contribution < 1.29 is 4.74 Å². The Morgan fingerprint density at radius 2 is 1.84 bits per heavy atom. The van der Waals surface area contributed by atoms with Gasteiger partial charge in [0.25, 0.3) is 0 Å². The lowest BCUT2D eigenvalue weighted by molar-refractivity contribution is 0.292. The zero-order chi connectivity index (χ0) is 22.4. The number of hydrogen-bond donors (Lipinski definition) is 2. The van der Waals surface area contributed by atoms with Crippen LogP contribution >= 0.6 is 23.8 Å². The van der Waals surface area contributed by atoms with Gasteiger partial charge in [-0.1, -0.05) is 43.0 Å². The summed E-state index contributed by atoms with van der Waals surface area (Å²) >= 11 is 11.9. The maximum Gasteiger partial charge on any atom is 0.234 e. The van der Waals surface area contributed by atoms with Crippen LogP contribution in [-0.2, 0) is 5.41 Å². The smallest absolute Gasteiger partial charge is 0.234 e. The van der Waals surface area contributed by atoms with E-state index in [0.29, 0.717) is 16.9 Å². The molecule has 1 aromatic carbocycles. The van der Waals surface area contributed by atoms with Gasteiger partial charge in [0.05, 0.1) is 7.11 Å². The number of methoxy groups -OCH3 is 1. The molecule has 0 bridgehead atoms. The Bertz CT molecular complexity index is 928. The summed E-state index contributed by atoms with van der Waals surface area (Å²) in [6.07, 6.45) is 9.59. The van der Waals surface area contributed by atoms with Crippen molar-refractivity contribution >= 4 is 40.7 Å². The van der Waals surface area contributed by atoms with Crippen LogP contribution in [0, 0.1) is 0 Å². The molecule has 2 fully saturated rings. The highest BCUT2D eigenvalue weighted by Crippen LogP contribution is 2.39. The van der Waals surface area contributed by atoms with E-state index >= 15 is 0 Å². The number of ether oxygens (including phenoxy) is 1. The normalized spacial score (nSPS) is 18.1. The van der Waals surface area contributed by atoms with Crippen molar-refractivity contribution in [2.75, 3.05) is 37.0 Å². The molecule has 1 aromatic heterocycles. The van der Waals surface area contributed by atoms with Crippen LogP contribution in [0.4, 0.5) is 11.8 Å². The topological polar surface area (TPSA) is 62.3 Å². The van der Waals surface area contributed by atoms with Crippen LogP contribution in [0.25, 0.3) is 0 Å². The van der Waals surface area contributed by atoms with Gasteiger partial charge in [-0.05, 0) is 62.0 Å². The van der Waals surface area contributed by atoms with Crippen LogP contribution < -0.4 is 20.3 Å². The zero-order valence-corrected chi connectivity index (χ0v) is 20.3. The fraction of sp³-hybridized carbons (Fsp3) is 0.542. The van der Waals surface area contributed by atoms with E-state index in [2.05, 4.69) is 32.7 Å². The summed E-state index contributed by atoms with van der Waals surface area (Å²) < 4.78 is 5.41. The van der Waals surface area contributed by atoms with Crippen LogP contribution in [0.5, 0.6) is 5.88 Å². The lowest BCUT2D eigenvalue weighted by Gasteiger charge is -2.38. The van der Waals surface area contributed by atoms with Crippen LogP contribution in [0.3, 0.4) is 0 Å². The minimum atomic E-state index is 0.0308. The molecule has 1 aliphatic carbocycles. The van der Waals surface area contributed by atoms with Crippen LogP contribution in [-0.4, -0.2) is 41.8 Å². The molecule has 0 atom stereocenters. The summed E-state index contributed by atoms with van der Waals surface area (Å²) in [6.45, 7) is 2.76. The molecule has 4 rings (SSSR count). The number of nitrogens with zero attached hydrogens (tertiary/aromatic N) is 3. The van der Waals surface area contributed by atoms with Crippen molar-refractivity contribution in [3.05, 3.63) is 40.9 Å². The number of benzene rings is 1. The largest absolute Gasteiger partial charge is 0.481 e. The van der Waals surface area contributed by atoms with Gasteiger partial charge in [-0.3, -0.25) is 0 Å². The molecular weight excluding hydrogens is 442 g/mol. The summed E-state index contributed by atoms with van der Waals surface area (Å²) in [6, 6.07) is 10.1. The Morgan fingerprint density at radius 3 is 2.56 bits per heavy atom. The minimum absolute atomic E-state index is 0.0308. The van der Waals surface area contributed by atoms with E-state index in [-0.39, 0.29) is 5.41 Å². The monoisotopic (exact) mass is 473 g/mol. The predicted molar refractivity (Wildman–Crippen MR) is 135 cm³/mol. The van der Waals surface area contributed by atoms with Crippen LogP contribution in [0.1, 0.15) is 56.9 Å². The third kappa shape index (κ3) is 5.62. The fourth-order valence-corrected chi connectivity index (χ4v) is 5.22. The number of thiocarbonyl (C=S) groups is 1. The van der Waals surface area contributed by atoms with Crippen molar-refractivity contribution in [1.29, 1.82) is 0 Å². The molecule has 32 heavy (non-hydrogen) atoms. The summed E-state index contributed by atoms with van der Waals surface area (Å²) in [5.74, 6) is 1.88. The standard InChI is InChI=1S/C24H32ClN5OS/c1-31-21-16-20(30-13-6-3-7-14-30)27-22(28-21)29-23(32)26-17-24(11-4-2-5-12-24)18-9-8-10-19(25)15-18/h8-10,15-16H,2-7,11-14,17H2,1H3,(H2,26,27,28,29,32). The van der Waals surface area contributed by atoms with E-state index in [9.17, 15) is 0 Å². The van der Waals surface area contributed by atoms with E-state index in [1.165, 1.54) is 44.1 Å². The third-order valence-corrected chi connectivity index (χ3v) is 7.12. The Morgan fingerprint density at radius 1 is 1.09 bits per heavy atom. The van der Waals surface area contributed by atoms with Crippen molar-refractivity contribution in [2.24, 2.45) is 0 Å². The third-order valence-electron chi connectivity index (χ3n) is 6.64. The molecule has 2 heterocycles. The number of anilines is 2. The molecule has 2 aliphatic rings. The second-order valence-electron chi connectivity index (χ2n) is 8.80. The van der Waals surface area contributed by atoms with E-state index in [0.717, 1.165) is 43.3 Å². The number of piperidine rings is 1. The second-order valence-corrected chi connectivity index (χ2v) is 9.64. The maximum absolute atomic E-state index is 6.31. The molecule has 8 heteroatoms. The van der Waals surface area contributed by atoms with Gasteiger partial charge in [0.15, 0.2) is 5.11 Å². The second kappa shape index (κ2) is 10.7. The molecule has 0 spiro atoms. The first-order chi connectivity index (χ1) is 15.6. The summed E-state index contributed by atoms with van der Waals surface area (Å²) in [7, 11) is 1.63. The van der Waals surface area contributed by atoms with Crippen molar-refractivity contribution in [1.82, 2.24) is 15.3 Å². The van der Waals surface area contributed by atoms with Crippen LogP contribution in [0.2, 0.25) is 5.02 Å². The maximum atomic E-state index is 6.31. The van der Waals surface area contributed by atoms with Crippen LogP contribution in [0.15, 0.2) is 30.3 Å². The Kier molecular flexibility index (Phi) is 7.68. The van der Waals surface area contributed by atoms with Gasteiger partial charge in [0.2, 0.25) is 11.8 Å². The highest BCUT2D eigenvalue weighted by Gasteiger charge is 2.34. The molecule has 0 amide bonds. The highest BCUT2D eigenvalue weighted by molar-refractivity contribution is 7.80. The molecule has 1 saturated carbocycles. The van der Waals surface area contributed by atoms with Crippen molar-refractivity contribution in [3.8, 4) is 5.88 Å². The summed E-state index contributed by atoms with van der Waals surface area (Å²) in [5.41, 5.74) is 1.31. The molecule has 172 valence electrons. The number of aromatic nitrogens is 2. The van der Waals surface area contributed by atoms with Crippen molar-refractivity contribution in [2.45, 2.75) is 56.8 Å². The van der Waals surface area contributed by atoms with Gasteiger partial charge >= 0.3 is 0 Å². The average Bonchev–Trinajstić information content (AvgIpc) is 2.83. The summed E-state index contributed by atoms with van der Waals surface area (Å²) in [4.78, 5) is 11.4. The molecule has 1 aliphatic heterocycles. The molecule has 0 unspecified atom stereocenters. The quantitative estimate of drug-likeness (QED) is 0.550. The van der Waals surface area contributed by atoms with Gasteiger partial charge < -0.3 is 20.3 Å². The Hall–Kier alpha value is -2.12. The van der Waals surface area contributed by atoms with Gasteiger partial charge in [-0.15, -0.1) is 0 Å². The van der Waals surface area contributed by atoms with Gasteiger partial charge in [-0.25, -0.2) is 0 Å². The van der Waals surface area contributed by atoms with Crippen molar-refractivity contribution in [3.63, 3.8) is 0 Å². The lowest BCUT2D eigenvalue weighted by atomic mass is 9.69. The highest BCUT2D eigenvalue weighted by atomic mass is 35.5. The molecule has 0 radical (unpaired) electrons. The number of nitrogens with one attached hydrogen (secondary N) is 2. The fourth-order valence-electron chi connectivity index (χ4n) is 4.87. The molecule has 2 aromatic rings. The lowest BCUT2D eigenvalue weighted by Crippen LogP contribution is -2.43. The van der Waals surface area contributed by atoms with Gasteiger partial charge in [0.1, 0.15) is 5.82 Å². The Balaban J connectivity index is 1.45. The van der Waals surface area contributed by atoms with E-state index < -0.39 is 0 Å². The SMILES string of the molecule is COc1cc(N2CCCCC2)nc(NC(=S)NCC2(c3cccc(Cl)c3)CCCCC2)n1. The molecule has 6 nitrogen and oxygen atoms in total.